The van der Waals surface area contributed by atoms with Crippen molar-refractivity contribution in [1.29, 1.82) is 0 Å². The third-order valence-electron chi connectivity index (χ3n) is 2.75. The minimum absolute atomic E-state index is 0.479. The molecule has 0 bridgehead atoms. The molecule has 0 unspecified atom stereocenters. The largest absolute Gasteiger partial charge is 0.394 e. The molecule has 3 N–H and O–H groups in total. The van der Waals surface area contributed by atoms with Gasteiger partial charge in [0.1, 0.15) is 11.7 Å². The van der Waals surface area contributed by atoms with Gasteiger partial charge in [0.05, 0.1) is 6.61 Å². The molecule has 0 rings (SSSR count). The van der Waals surface area contributed by atoms with Crippen LogP contribution in [0.25, 0.3) is 0 Å². The topological polar surface area (TPSA) is 87.0 Å². The lowest BCUT2D eigenvalue weighted by Gasteiger charge is -2.40. The van der Waals surface area contributed by atoms with Crippen LogP contribution in [0.15, 0.2) is 0 Å². The standard InChI is InChI=1S/C9H18O5/c1-6(11)8(2,12)9(3,13)7(5-10)14-4/h7,10,12-13H,5H2,1-4H3/t7-,8+,9+/m1/s1. The van der Waals surface area contributed by atoms with Crippen LogP contribution in [-0.4, -0.2) is 52.1 Å². The first kappa shape index (κ1) is 13.5. The van der Waals surface area contributed by atoms with Crippen molar-refractivity contribution in [2.75, 3.05) is 13.7 Å². The van der Waals surface area contributed by atoms with Gasteiger partial charge in [-0.1, -0.05) is 0 Å². The summed E-state index contributed by atoms with van der Waals surface area (Å²) in [5.41, 5.74) is -3.78. The Balaban J connectivity index is 5.00. The van der Waals surface area contributed by atoms with Gasteiger partial charge in [-0.05, 0) is 20.8 Å². The highest BCUT2D eigenvalue weighted by atomic mass is 16.5. The van der Waals surface area contributed by atoms with E-state index in [0.717, 1.165) is 0 Å². The smallest absolute Gasteiger partial charge is 0.164 e. The van der Waals surface area contributed by atoms with E-state index in [4.69, 9.17) is 9.84 Å². The van der Waals surface area contributed by atoms with Crippen LogP contribution < -0.4 is 0 Å². The van der Waals surface area contributed by atoms with Gasteiger partial charge in [-0.3, -0.25) is 4.79 Å². The minimum Gasteiger partial charge on any atom is -0.394 e. The molecular weight excluding hydrogens is 188 g/mol. The lowest BCUT2D eigenvalue weighted by atomic mass is 9.79. The summed E-state index contributed by atoms with van der Waals surface area (Å²) < 4.78 is 4.79. The maximum Gasteiger partial charge on any atom is 0.164 e. The Bertz CT molecular complexity index is 205. The lowest BCUT2D eigenvalue weighted by Crippen LogP contribution is -2.62. The predicted octanol–water partition coefficient (Wildman–Crippen LogP) is -0.915. The number of aliphatic hydroxyl groups is 3. The molecule has 0 amide bonds. The quantitative estimate of drug-likeness (QED) is 0.542. The first-order valence-electron chi connectivity index (χ1n) is 4.31. The summed E-state index contributed by atoms with van der Waals surface area (Å²) in [6, 6.07) is 0. The van der Waals surface area contributed by atoms with Crippen molar-refractivity contribution in [3.8, 4) is 0 Å². The number of hydrogen-bond donors (Lipinski definition) is 3. The molecule has 84 valence electrons. The predicted molar refractivity (Wildman–Crippen MR) is 49.8 cm³/mol. The molecule has 0 aromatic carbocycles. The number of Topliss-reactive ketones (excluding diaryl/α,β-unsaturated/α-hetero) is 1. The third-order valence-corrected chi connectivity index (χ3v) is 2.75. The van der Waals surface area contributed by atoms with Crippen molar-refractivity contribution >= 4 is 5.78 Å². The summed E-state index contributed by atoms with van der Waals surface area (Å²) in [6.07, 6.45) is -1.01. The molecule has 5 nitrogen and oxygen atoms in total. The molecule has 0 fully saturated rings. The average Bonchev–Trinajstić information content (AvgIpc) is 2.05. The van der Waals surface area contributed by atoms with Gasteiger partial charge in [-0.25, -0.2) is 0 Å². The fourth-order valence-corrected chi connectivity index (χ4v) is 1.15. The zero-order valence-electron chi connectivity index (χ0n) is 8.94. The van der Waals surface area contributed by atoms with Crippen LogP contribution in [0, 0.1) is 0 Å². The van der Waals surface area contributed by atoms with E-state index in [9.17, 15) is 15.0 Å². The number of ketones is 1. The van der Waals surface area contributed by atoms with Crippen molar-refractivity contribution < 1.29 is 24.9 Å². The summed E-state index contributed by atoms with van der Waals surface area (Å²) in [5, 5.41) is 28.6. The molecule has 0 aliphatic heterocycles. The number of ether oxygens (including phenoxy) is 1. The number of carbonyl (C=O) groups excluding carboxylic acids is 1. The molecule has 0 saturated heterocycles. The molecule has 0 spiro atoms. The molecule has 0 saturated carbocycles. The Morgan fingerprint density at radius 2 is 1.86 bits per heavy atom. The molecule has 5 heteroatoms. The molecule has 0 aromatic rings. The van der Waals surface area contributed by atoms with Crippen molar-refractivity contribution in [3.05, 3.63) is 0 Å². The Morgan fingerprint density at radius 1 is 1.43 bits per heavy atom. The normalized spacial score (nSPS) is 22.2. The Labute approximate surface area is 83.3 Å². The first-order chi connectivity index (χ1) is 6.21. The van der Waals surface area contributed by atoms with Crippen molar-refractivity contribution in [1.82, 2.24) is 0 Å². The van der Waals surface area contributed by atoms with Crippen molar-refractivity contribution in [2.45, 2.75) is 38.1 Å². The molecule has 14 heavy (non-hydrogen) atoms. The van der Waals surface area contributed by atoms with E-state index in [0.29, 0.717) is 0 Å². The Hall–Kier alpha value is -0.490. The highest BCUT2D eigenvalue weighted by molar-refractivity contribution is 5.85. The summed E-state index contributed by atoms with van der Waals surface area (Å²) in [7, 11) is 1.28. The minimum atomic E-state index is -1.95. The monoisotopic (exact) mass is 206 g/mol. The zero-order valence-corrected chi connectivity index (χ0v) is 8.94. The van der Waals surface area contributed by atoms with E-state index in [1.165, 1.54) is 27.9 Å². The van der Waals surface area contributed by atoms with Crippen LogP contribution in [0.3, 0.4) is 0 Å². The van der Waals surface area contributed by atoms with Crippen molar-refractivity contribution in [3.63, 3.8) is 0 Å². The number of methoxy groups -OCH3 is 1. The molecule has 0 aliphatic carbocycles. The SMILES string of the molecule is CO[C@H](CO)[C@](C)(O)[C@@](C)(O)C(C)=O. The second-order valence-corrected chi connectivity index (χ2v) is 3.68. The maximum atomic E-state index is 11.1. The number of hydrogen-bond acceptors (Lipinski definition) is 5. The van der Waals surface area contributed by atoms with Gasteiger partial charge in [0, 0.05) is 7.11 Å². The van der Waals surface area contributed by atoms with E-state index in [-0.39, 0.29) is 0 Å². The number of rotatable bonds is 5. The lowest BCUT2D eigenvalue weighted by molar-refractivity contribution is -0.201. The van der Waals surface area contributed by atoms with E-state index in [1.807, 2.05) is 0 Å². The summed E-state index contributed by atoms with van der Waals surface area (Å²) in [4.78, 5) is 11.1. The summed E-state index contributed by atoms with van der Waals surface area (Å²) in [5.74, 6) is -0.585. The van der Waals surface area contributed by atoms with E-state index in [2.05, 4.69) is 0 Å². The van der Waals surface area contributed by atoms with E-state index >= 15 is 0 Å². The van der Waals surface area contributed by atoms with Crippen LogP contribution in [0.5, 0.6) is 0 Å². The van der Waals surface area contributed by atoms with Crippen LogP contribution >= 0.6 is 0 Å². The molecule has 0 aliphatic rings. The summed E-state index contributed by atoms with van der Waals surface area (Å²) in [6.45, 7) is 3.13. The second-order valence-electron chi connectivity index (χ2n) is 3.68. The molecule has 0 aromatic heterocycles. The van der Waals surface area contributed by atoms with Crippen LogP contribution in [0.1, 0.15) is 20.8 Å². The van der Waals surface area contributed by atoms with E-state index in [1.54, 1.807) is 0 Å². The highest BCUT2D eigenvalue weighted by Gasteiger charge is 2.51. The molecule has 0 heterocycles. The van der Waals surface area contributed by atoms with Gasteiger partial charge in [-0.15, -0.1) is 0 Å². The van der Waals surface area contributed by atoms with Gasteiger partial charge >= 0.3 is 0 Å². The highest BCUT2D eigenvalue weighted by Crippen LogP contribution is 2.27. The molecule has 0 radical (unpaired) electrons. The number of carbonyl (C=O) groups is 1. The fourth-order valence-electron chi connectivity index (χ4n) is 1.15. The van der Waals surface area contributed by atoms with Gasteiger partial charge in [0.15, 0.2) is 11.4 Å². The zero-order chi connectivity index (χ0) is 11.6. The third kappa shape index (κ3) is 2.12. The second kappa shape index (κ2) is 4.35. The Morgan fingerprint density at radius 3 is 2.07 bits per heavy atom. The Kier molecular flexibility index (Phi) is 4.20. The maximum absolute atomic E-state index is 11.1. The van der Waals surface area contributed by atoms with Crippen molar-refractivity contribution in [2.24, 2.45) is 0 Å². The van der Waals surface area contributed by atoms with Gasteiger partial charge in [0.25, 0.3) is 0 Å². The van der Waals surface area contributed by atoms with Crippen LogP contribution in [0.2, 0.25) is 0 Å². The van der Waals surface area contributed by atoms with Crippen LogP contribution in [-0.2, 0) is 9.53 Å². The first-order valence-corrected chi connectivity index (χ1v) is 4.31. The van der Waals surface area contributed by atoms with Gasteiger partial charge in [-0.2, -0.15) is 0 Å². The van der Waals surface area contributed by atoms with E-state index < -0.39 is 29.7 Å². The van der Waals surface area contributed by atoms with Gasteiger partial charge in [0.2, 0.25) is 0 Å². The summed E-state index contributed by atoms with van der Waals surface area (Å²) >= 11 is 0. The molecular formula is C9H18O5. The average molecular weight is 206 g/mol. The van der Waals surface area contributed by atoms with Crippen LogP contribution in [0.4, 0.5) is 0 Å². The number of aliphatic hydroxyl groups excluding tert-OH is 1. The van der Waals surface area contributed by atoms with Gasteiger partial charge < -0.3 is 20.1 Å². The fraction of sp³-hybridized carbons (Fsp3) is 0.889. The molecule has 3 atom stereocenters.